The van der Waals surface area contributed by atoms with Gasteiger partial charge in [-0.05, 0) is 29.8 Å². The van der Waals surface area contributed by atoms with Crippen LogP contribution in [0, 0.1) is 0 Å². The summed E-state index contributed by atoms with van der Waals surface area (Å²) < 4.78 is 14.4. The molecule has 31 heavy (non-hydrogen) atoms. The molecular weight excluding hydrogens is 408 g/mol. The Bertz CT molecular complexity index is 932. The van der Waals surface area contributed by atoms with E-state index in [1.807, 2.05) is 0 Å². The fourth-order valence-corrected chi connectivity index (χ4v) is 2.42. The van der Waals surface area contributed by atoms with Crippen LogP contribution in [0.5, 0.6) is 0 Å². The van der Waals surface area contributed by atoms with E-state index < -0.39 is 36.2 Å². The number of carbonyl (C=O) groups is 4. The van der Waals surface area contributed by atoms with Gasteiger partial charge in [0.15, 0.2) is 0 Å². The molecular formula is C21H22N2O8. The quantitative estimate of drug-likeness (QED) is 0.383. The van der Waals surface area contributed by atoms with Gasteiger partial charge in [0.2, 0.25) is 12.5 Å². The Morgan fingerprint density at radius 2 is 1.52 bits per heavy atom. The van der Waals surface area contributed by atoms with E-state index in [1.165, 1.54) is 31.4 Å². The lowest BCUT2D eigenvalue weighted by Crippen LogP contribution is -2.42. The van der Waals surface area contributed by atoms with Crippen molar-refractivity contribution in [3.8, 4) is 0 Å². The Labute approximate surface area is 178 Å². The zero-order valence-corrected chi connectivity index (χ0v) is 16.9. The molecule has 0 heterocycles. The van der Waals surface area contributed by atoms with Gasteiger partial charge in [0.25, 0.3) is 11.8 Å². The predicted octanol–water partition coefficient (Wildman–Crippen LogP) is 0.353. The Morgan fingerprint density at radius 1 is 0.871 bits per heavy atom. The molecule has 0 aliphatic heterocycles. The van der Waals surface area contributed by atoms with E-state index in [1.54, 1.807) is 30.3 Å². The Kier molecular flexibility index (Phi) is 8.67. The van der Waals surface area contributed by atoms with E-state index in [2.05, 4.69) is 15.4 Å². The number of hydrogen-bond acceptors (Lipinski definition) is 8. The minimum atomic E-state index is -1.86. The van der Waals surface area contributed by atoms with Gasteiger partial charge in [0.05, 0.1) is 7.11 Å². The van der Waals surface area contributed by atoms with Gasteiger partial charge in [-0.2, -0.15) is 0 Å². The van der Waals surface area contributed by atoms with Gasteiger partial charge < -0.3 is 30.0 Å². The van der Waals surface area contributed by atoms with Crippen molar-refractivity contribution in [3.05, 3.63) is 71.3 Å². The molecule has 2 rings (SSSR count). The topological polar surface area (TPSA) is 140 Å². The summed E-state index contributed by atoms with van der Waals surface area (Å²) in [7, 11) is 2.39. The SMILES string of the molecule is COC(=O)C(NC(=O)c1cccc(COC(=O)C(O)NC(=O)c2ccccc2)c1)OC. The maximum atomic E-state index is 12.3. The molecule has 2 unspecified atom stereocenters. The first-order valence-corrected chi connectivity index (χ1v) is 9.06. The fraction of sp³-hybridized carbons (Fsp3) is 0.238. The third-order valence-electron chi connectivity index (χ3n) is 4.01. The number of nitrogens with one attached hydrogen (secondary N) is 2. The molecule has 0 aliphatic carbocycles. The number of carbonyl (C=O) groups excluding carboxylic acids is 4. The minimum Gasteiger partial charge on any atom is -0.466 e. The molecule has 0 aliphatic rings. The van der Waals surface area contributed by atoms with Crippen molar-refractivity contribution in [2.75, 3.05) is 14.2 Å². The van der Waals surface area contributed by atoms with Gasteiger partial charge >= 0.3 is 11.9 Å². The normalized spacial score (nSPS) is 12.2. The van der Waals surface area contributed by atoms with Gasteiger partial charge in [-0.1, -0.05) is 30.3 Å². The van der Waals surface area contributed by atoms with Gasteiger partial charge in [0, 0.05) is 18.2 Å². The number of methoxy groups -OCH3 is 2. The number of hydrogen-bond donors (Lipinski definition) is 3. The molecule has 0 saturated heterocycles. The van der Waals surface area contributed by atoms with E-state index in [0.29, 0.717) is 5.56 Å². The maximum absolute atomic E-state index is 12.3. The molecule has 2 atom stereocenters. The monoisotopic (exact) mass is 430 g/mol. The number of aliphatic hydroxyl groups excluding tert-OH is 1. The average Bonchev–Trinajstić information content (AvgIpc) is 2.80. The largest absolute Gasteiger partial charge is 0.466 e. The number of benzene rings is 2. The molecule has 0 spiro atoms. The van der Waals surface area contributed by atoms with Crippen LogP contribution in [-0.4, -0.2) is 55.5 Å². The summed E-state index contributed by atoms with van der Waals surface area (Å²) in [5, 5.41) is 14.3. The van der Waals surface area contributed by atoms with E-state index in [4.69, 9.17) is 9.47 Å². The smallest absolute Gasteiger partial charge is 0.356 e. The van der Waals surface area contributed by atoms with Gasteiger partial charge in [-0.25, -0.2) is 9.59 Å². The number of ether oxygens (including phenoxy) is 3. The number of rotatable bonds is 9. The van der Waals surface area contributed by atoms with Crippen LogP contribution in [0.15, 0.2) is 54.6 Å². The van der Waals surface area contributed by atoms with Crippen LogP contribution >= 0.6 is 0 Å². The lowest BCUT2D eigenvalue weighted by Gasteiger charge is -2.15. The lowest BCUT2D eigenvalue weighted by molar-refractivity contribution is -0.156. The van der Waals surface area contributed by atoms with Crippen molar-refractivity contribution >= 4 is 23.8 Å². The summed E-state index contributed by atoms with van der Waals surface area (Å²) in [5.41, 5.74) is 0.890. The fourth-order valence-electron chi connectivity index (χ4n) is 2.42. The molecule has 10 heteroatoms. The van der Waals surface area contributed by atoms with Crippen LogP contribution in [0.25, 0.3) is 0 Å². The van der Waals surface area contributed by atoms with Crippen molar-refractivity contribution in [1.82, 2.24) is 10.6 Å². The molecule has 0 fully saturated rings. The second-order valence-corrected chi connectivity index (χ2v) is 6.16. The van der Waals surface area contributed by atoms with Crippen molar-refractivity contribution in [1.29, 1.82) is 0 Å². The summed E-state index contributed by atoms with van der Waals surface area (Å²) in [5.74, 6) is -3.08. The molecule has 0 saturated carbocycles. The highest BCUT2D eigenvalue weighted by Gasteiger charge is 2.22. The number of amides is 2. The van der Waals surface area contributed by atoms with Crippen molar-refractivity contribution in [3.63, 3.8) is 0 Å². The third-order valence-corrected chi connectivity index (χ3v) is 4.01. The van der Waals surface area contributed by atoms with E-state index in [9.17, 15) is 24.3 Å². The van der Waals surface area contributed by atoms with Gasteiger partial charge in [-0.15, -0.1) is 0 Å². The molecule has 3 N–H and O–H groups in total. The number of esters is 2. The average molecular weight is 430 g/mol. The molecule has 2 aromatic rings. The molecule has 0 bridgehead atoms. The van der Waals surface area contributed by atoms with Crippen molar-refractivity contribution in [2.24, 2.45) is 0 Å². The second-order valence-electron chi connectivity index (χ2n) is 6.16. The van der Waals surface area contributed by atoms with Gasteiger partial charge in [-0.3, -0.25) is 9.59 Å². The summed E-state index contributed by atoms with van der Waals surface area (Å²) in [6.45, 7) is -0.261. The van der Waals surface area contributed by atoms with Crippen molar-refractivity contribution in [2.45, 2.75) is 19.1 Å². The molecule has 164 valence electrons. The van der Waals surface area contributed by atoms with Crippen molar-refractivity contribution < 1.29 is 38.5 Å². The van der Waals surface area contributed by atoms with Crippen LogP contribution in [0.3, 0.4) is 0 Å². The molecule has 2 aromatic carbocycles. The molecule has 10 nitrogen and oxygen atoms in total. The first-order valence-electron chi connectivity index (χ1n) is 9.06. The van der Waals surface area contributed by atoms with Crippen LogP contribution in [-0.2, 0) is 30.4 Å². The van der Waals surface area contributed by atoms with E-state index in [-0.39, 0.29) is 17.7 Å². The first kappa shape index (κ1) is 23.5. The Hall–Kier alpha value is -3.76. The Balaban J connectivity index is 1.92. The highest BCUT2D eigenvalue weighted by molar-refractivity contribution is 5.97. The lowest BCUT2D eigenvalue weighted by atomic mass is 10.1. The molecule has 0 aromatic heterocycles. The maximum Gasteiger partial charge on any atom is 0.356 e. The zero-order chi connectivity index (χ0) is 22.8. The van der Waals surface area contributed by atoms with E-state index in [0.717, 1.165) is 7.11 Å². The summed E-state index contributed by atoms with van der Waals surface area (Å²) in [4.78, 5) is 47.7. The zero-order valence-electron chi connectivity index (χ0n) is 16.9. The third kappa shape index (κ3) is 6.91. The highest BCUT2D eigenvalue weighted by atomic mass is 16.6. The van der Waals surface area contributed by atoms with E-state index >= 15 is 0 Å². The second kappa shape index (κ2) is 11.4. The summed E-state index contributed by atoms with van der Waals surface area (Å²) in [6, 6.07) is 14.1. The highest BCUT2D eigenvalue weighted by Crippen LogP contribution is 2.08. The van der Waals surface area contributed by atoms with Crippen LogP contribution in [0.2, 0.25) is 0 Å². The van der Waals surface area contributed by atoms with Crippen LogP contribution in [0.4, 0.5) is 0 Å². The summed E-state index contributed by atoms with van der Waals surface area (Å²) >= 11 is 0. The summed E-state index contributed by atoms with van der Waals surface area (Å²) in [6.07, 6.45) is -3.14. The van der Waals surface area contributed by atoms with Gasteiger partial charge in [0.1, 0.15) is 6.61 Å². The predicted molar refractivity (Wildman–Crippen MR) is 106 cm³/mol. The Morgan fingerprint density at radius 3 is 2.16 bits per heavy atom. The number of aliphatic hydroxyl groups is 1. The first-order chi connectivity index (χ1) is 14.8. The van der Waals surface area contributed by atoms with Crippen LogP contribution in [0.1, 0.15) is 26.3 Å². The standard InChI is InChI=1S/C21H22N2O8/c1-29-19(21(28)30-2)23-17(25)15-10-6-7-13(11-15)12-31-20(27)18(26)22-16(24)14-8-4-3-5-9-14/h3-11,18-19,26H,12H2,1-2H3,(H,22,24)(H,23,25). The molecule has 2 amide bonds. The minimum absolute atomic E-state index is 0.178. The van der Waals surface area contributed by atoms with Crippen LogP contribution < -0.4 is 10.6 Å². The molecule has 0 radical (unpaired) electrons.